The van der Waals surface area contributed by atoms with Crippen LogP contribution in [0.3, 0.4) is 0 Å². The summed E-state index contributed by atoms with van der Waals surface area (Å²) < 4.78 is 0. The van der Waals surface area contributed by atoms with Crippen molar-refractivity contribution in [2.75, 3.05) is 0 Å². The van der Waals surface area contributed by atoms with Crippen LogP contribution in [-0.4, -0.2) is 28.0 Å². The average Bonchev–Trinajstić information content (AvgIpc) is 2.69. The summed E-state index contributed by atoms with van der Waals surface area (Å²) in [6.07, 6.45) is 5.86. The van der Waals surface area contributed by atoms with Crippen molar-refractivity contribution in [3.63, 3.8) is 0 Å². The van der Waals surface area contributed by atoms with Crippen LogP contribution in [0.15, 0.2) is 18.3 Å². The fourth-order valence-corrected chi connectivity index (χ4v) is 2.01. The Morgan fingerprint density at radius 3 is 2.53 bits per heavy atom. The molecule has 4 heteroatoms. The van der Waals surface area contributed by atoms with Gasteiger partial charge in [-0.2, -0.15) is 11.3 Å². The molecule has 0 spiro atoms. The van der Waals surface area contributed by atoms with E-state index in [1.54, 1.807) is 6.20 Å². The number of pyridine rings is 1. The van der Waals surface area contributed by atoms with E-state index in [1.807, 2.05) is 12.1 Å². The number of halogens is 1. The first-order valence-electron chi connectivity index (χ1n) is 4.61. The Morgan fingerprint density at radius 2 is 2.07 bits per heavy atom. The van der Waals surface area contributed by atoms with Crippen LogP contribution in [-0.2, 0) is 5.41 Å². The van der Waals surface area contributed by atoms with Crippen molar-refractivity contribution in [2.24, 2.45) is 0 Å². The molecule has 0 atom stereocenters. The summed E-state index contributed by atoms with van der Waals surface area (Å²) in [7, 11) is 0. The molecular formula is C11H11ClMgN2. The molecule has 1 aromatic rings. The molecule has 2 nitrogen and oxygen atoms in total. The van der Waals surface area contributed by atoms with Gasteiger partial charge in [0.05, 0.1) is 11.5 Å². The van der Waals surface area contributed by atoms with Gasteiger partial charge in [-0.1, -0.05) is 19.0 Å². The topological polar surface area (TPSA) is 36.7 Å². The second-order valence-corrected chi connectivity index (χ2v) is 3.54. The van der Waals surface area contributed by atoms with Gasteiger partial charge in [-0.25, -0.2) is 12.1 Å². The van der Waals surface area contributed by atoms with Crippen LogP contribution in [0.4, 0.5) is 0 Å². The van der Waals surface area contributed by atoms with E-state index in [0.717, 1.165) is 31.4 Å². The maximum absolute atomic E-state index is 9.17. The number of nitrogens with zero attached hydrogens (tertiary/aromatic N) is 2. The molecule has 1 aromatic heterocycles. The molecule has 1 aliphatic carbocycles. The molecular weight excluding hydrogens is 220 g/mol. The summed E-state index contributed by atoms with van der Waals surface area (Å²) in [6.45, 7) is 0. The predicted molar refractivity (Wildman–Crippen MR) is 54.6 cm³/mol. The molecule has 2 rings (SSSR count). The first kappa shape index (κ1) is 14.7. The molecule has 0 amide bonds. The zero-order valence-corrected chi connectivity index (χ0v) is 10.7. The Balaban J connectivity index is 0.000000980. The third kappa shape index (κ3) is 2.84. The normalized spacial score (nSPS) is 17.0. The van der Waals surface area contributed by atoms with E-state index in [9.17, 15) is 0 Å². The quantitative estimate of drug-likeness (QED) is 0.451. The summed E-state index contributed by atoms with van der Waals surface area (Å²) in [5.74, 6) is 0. The molecule has 0 radical (unpaired) electrons. The zero-order valence-electron chi connectivity index (χ0n) is 8.54. The Morgan fingerprint density at radius 1 is 1.40 bits per heavy atom. The monoisotopic (exact) mass is 230 g/mol. The van der Waals surface area contributed by atoms with Crippen LogP contribution in [0.2, 0.25) is 0 Å². The van der Waals surface area contributed by atoms with Gasteiger partial charge in [0.25, 0.3) is 0 Å². The summed E-state index contributed by atoms with van der Waals surface area (Å²) in [6, 6.07) is 9.04. The van der Waals surface area contributed by atoms with Crippen molar-refractivity contribution in [3.05, 3.63) is 30.1 Å². The third-order valence-corrected chi connectivity index (χ3v) is 2.78. The number of rotatable bonds is 1. The van der Waals surface area contributed by atoms with Gasteiger partial charge in [-0.15, -0.1) is 0 Å². The van der Waals surface area contributed by atoms with E-state index < -0.39 is 0 Å². The van der Waals surface area contributed by atoms with E-state index in [4.69, 9.17) is 5.26 Å². The van der Waals surface area contributed by atoms with E-state index in [2.05, 4.69) is 17.1 Å². The van der Waals surface area contributed by atoms with Gasteiger partial charge in [0.1, 0.15) is 0 Å². The maximum Gasteiger partial charge on any atom is 2.00 e. The minimum absolute atomic E-state index is 0. The van der Waals surface area contributed by atoms with Crippen LogP contribution in [0.1, 0.15) is 31.4 Å². The first-order valence-corrected chi connectivity index (χ1v) is 4.61. The van der Waals surface area contributed by atoms with Crippen molar-refractivity contribution in [3.8, 4) is 6.07 Å². The van der Waals surface area contributed by atoms with Crippen LogP contribution in [0.25, 0.3) is 0 Å². The van der Waals surface area contributed by atoms with E-state index in [0.29, 0.717) is 0 Å². The molecule has 0 N–H and O–H groups in total. The van der Waals surface area contributed by atoms with Crippen molar-refractivity contribution >= 4 is 23.1 Å². The number of hydrogen-bond acceptors (Lipinski definition) is 2. The molecule has 0 saturated heterocycles. The SMILES string of the molecule is N#CC1(c2cc[c-]cn2)CCCC1.[Cl-].[Mg+2]. The van der Waals surface area contributed by atoms with Gasteiger partial charge in [-0.3, -0.25) is 4.98 Å². The fourth-order valence-electron chi connectivity index (χ4n) is 2.01. The smallest absolute Gasteiger partial charge is 1.00 e. The second kappa shape index (κ2) is 6.32. The van der Waals surface area contributed by atoms with Crippen LogP contribution in [0, 0.1) is 17.4 Å². The number of nitriles is 1. The molecule has 1 aliphatic rings. The Kier molecular flexibility index (Phi) is 6.19. The molecule has 1 heterocycles. The zero-order chi connectivity index (χ0) is 9.15. The number of aromatic nitrogens is 1. The molecule has 0 unspecified atom stereocenters. The summed E-state index contributed by atoms with van der Waals surface area (Å²) >= 11 is 0. The number of hydrogen-bond donors (Lipinski definition) is 0. The molecule has 74 valence electrons. The largest absolute Gasteiger partial charge is 2.00 e. The second-order valence-electron chi connectivity index (χ2n) is 3.54. The van der Waals surface area contributed by atoms with Crippen molar-refractivity contribution in [1.29, 1.82) is 5.26 Å². The molecule has 1 saturated carbocycles. The van der Waals surface area contributed by atoms with Gasteiger partial charge in [0, 0.05) is 0 Å². The summed E-state index contributed by atoms with van der Waals surface area (Å²) in [5.41, 5.74) is 0.626. The minimum Gasteiger partial charge on any atom is -1.00 e. The summed E-state index contributed by atoms with van der Waals surface area (Å²) in [5, 5.41) is 9.17. The predicted octanol–water partition coefficient (Wildman–Crippen LogP) is -1.16. The molecule has 1 fully saturated rings. The van der Waals surface area contributed by atoms with Gasteiger partial charge in [0.15, 0.2) is 0 Å². The molecule has 0 aliphatic heterocycles. The third-order valence-electron chi connectivity index (χ3n) is 2.78. The Hall–Kier alpha value is -0.304. The Bertz CT molecular complexity index is 328. The van der Waals surface area contributed by atoms with Gasteiger partial charge >= 0.3 is 23.1 Å². The fraction of sp³-hybridized carbons (Fsp3) is 0.455. The van der Waals surface area contributed by atoms with Crippen LogP contribution in [0.5, 0.6) is 0 Å². The maximum atomic E-state index is 9.17. The van der Waals surface area contributed by atoms with Crippen molar-refractivity contribution in [1.82, 2.24) is 4.98 Å². The van der Waals surface area contributed by atoms with E-state index >= 15 is 0 Å². The average molecular weight is 231 g/mol. The first-order chi connectivity index (χ1) is 6.37. The molecule has 15 heavy (non-hydrogen) atoms. The van der Waals surface area contributed by atoms with Crippen LogP contribution < -0.4 is 12.4 Å². The van der Waals surface area contributed by atoms with E-state index in [-0.39, 0.29) is 40.9 Å². The summed E-state index contributed by atoms with van der Waals surface area (Å²) in [4.78, 5) is 4.23. The van der Waals surface area contributed by atoms with Crippen molar-refractivity contribution < 1.29 is 12.4 Å². The van der Waals surface area contributed by atoms with Crippen molar-refractivity contribution in [2.45, 2.75) is 31.1 Å². The minimum atomic E-state index is -0.297. The Labute approximate surface area is 113 Å². The molecule has 0 bridgehead atoms. The van der Waals surface area contributed by atoms with Gasteiger partial charge in [-0.05, 0) is 18.5 Å². The van der Waals surface area contributed by atoms with E-state index in [1.165, 1.54) is 0 Å². The standard InChI is InChI=1S/C11H11N2.ClH.Mg/c12-9-11(6-2-3-7-11)10-5-1-4-8-13-10;;/h1,5,8H,2-3,6-7H2;1H;/q-1;;+2/p-1. The molecule has 0 aromatic carbocycles. The van der Waals surface area contributed by atoms with Gasteiger partial charge in [0.2, 0.25) is 0 Å². The van der Waals surface area contributed by atoms with Gasteiger partial charge < -0.3 is 12.4 Å². The van der Waals surface area contributed by atoms with Crippen LogP contribution >= 0.6 is 0 Å².